The molecule has 2 unspecified atom stereocenters. The maximum atomic E-state index is 9.08. The number of rotatable bonds is 2. The fourth-order valence-corrected chi connectivity index (χ4v) is 1.65. The van der Waals surface area contributed by atoms with Crippen molar-refractivity contribution in [3.63, 3.8) is 0 Å². The average molecular weight is 208 g/mol. The molecule has 3 N–H and O–H groups in total. The highest BCUT2D eigenvalue weighted by molar-refractivity contribution is 6.34. The Hall–Kier alpha value is -0.180. The summed E-state index contributed by atoms with van der Waals surface area (Å²) in [4.78, 5) is -0.636. The minimum atomic E-state index is -0.636. The van der Waals surface area contributed by atoms with Gasteiger partial charge in [-0.3, -0.25) is 0 Å². The molecule has 0 aromatic rings. The van der Waals surface area contributed by atoms with Gasteiger partial charge in [-0.2, -0.15) is 0 Å². The minimum Gasteiger partial charge on any atom is -0.508 e. The summed E-state index contributed by atoms with van der Waals surface area (Å²) >= 11 is 12.1. The van der Waals surface area contributed by atoms with Crippen LogP contribution in [0.1, 0.15) is 6.42 Å². The molecular formula is C8H11Cl2NO. The molecule has 0 saturated heterocycles. The quantitative estimate of drug-likeness (QED) is 0.681. The van der Waals surface area contributed by atoms with Gasteiger partial charge < -0.3 is 10.8 Å². The predicted octanol–water partition coefficient (Wildman–Crippen LogP) is 1.93. The Kier molecular flexibility index (Phi) is 3.04. The molecule has 0 radical (unpaired) electrons. The smallest absolute Gasteiger partial charge is 0.112 e. The van der Waals surface area contributed by atoms with Gasteiger partial charge in [-0.05, 0) is 25.1 Å². The lowest BCUT2D eigenvalue weighted by molar-refractivity contribution is 0.422. The molecule has 2 nitrogen and oxygen atoms in total. The standard InChI is InChI=1S/C8H11Cl2NO/c9-7-5-6(12)1-2-8(7,10)3-4-11/h1-2,5,7,12H,3-4,11H2. The van der Waals surface area contributed by atoms with Crippen molar-refractivity contribution in [1.82, 2.24) is 0 Å². The van der Waals surface area contributed by atoms with Gasteiger partial charge in [0.05, 0.1) is 10.3 Å². The van der Waals surface area contributed by atoms with Crippen molar-refractivity contribution in [2.45, 2.75) is 16.7 Å². The van der Waals surface area contributed by atoms with Crippen LogP contribution in [0, 0.1) is 0 Å². The molecule has 4 heteroatoms. The molecule has 0 heterocycles. The van der Waals surface area contributed by atoms with Gasteiger partial charge >= 0.3 is 0 Å². The van der Waals surface area contributed by atoms with E-state index >= 15 is 0 Å². The lowest BCUT2D eigenvalue weighted by atomic mass is 9.95. The lowest BCUT2D eigenvalue weighted by Crippen LogP contribution is -2.34. The molecule has 0 bridgehead atoms. The van der Waals surface area contributed by atoms with Gasteiger partial charge in [-0.15, -0.1) is 23.2 Å². The summed E-state index contributed by atoms with van der Waals surface area (Å²) in [5.74, 6) is 0.156. The fourth-order valence-electron chi connectivity index (χ4n) is 1.10. The zero-order chi connectivity index (χ0) is 9.19. The molecule has 2 atom stereocenters. The first-order chi connectivity index (χ1) is 5.58. The van der Waals surface area contributed by atoms with E-state index in [1.54, 1.807) is 12.2 Å². The predicted molar refractivity (Wildman–Crippen MR) is 51.7 cm³/mol. The molecule has 1 rings (SSSR count). The van der Waals surface area contributed by atoms with Gasteiger partial charge in [0.2, 0.25) is 0 Å². The van der Waals surface area contributed by atoms with E-state index in [-0.39, 0.29) is 5.76 Å². The Morgan fingerprint density at radius 3 is 2.83 bits per heavy atom. The number of aliphatic hydroxyl groups excluding tert-OH is 1. The van der Waals surface area contributed by atoms with E-state index in [2.05, 4.69) is 0 Å². The number of halogens is 2. The highest BCUT2D eigenvalue weighted by Crippen LogP contribution is 2.34. The zero-order valence-corrected chi connectivity index (χ0v) is 8.02. The monoisotopic (exact) mass is 207 g/mol. The van der Waals surface area contributed by atoms with Gasteiger partial charge in [-0.1, -0.05) is 6.08 Å². The molecule has 0 amide bonds. The SMILES string of the molecule is NCCC1(Cl)C=CC(O)=CC1Cl. The summed E-state index contributed by atoms with van der Waals surface area (Å²) in [6.07, 6.45) is 5.35. The number of alkyl halides is 2. The first-order valence-corrected chi connectivity index (χ1v) is 4.53. The first kappa shape index (κ1) is 9.90. The van der Waals surface area contributed by atoms with Crippen LogP contribution in [0.15, 0.2) is 24.0 Å². The number of aliphatic hydroxyl groups is 1. The van der Waals surface area contributed by atoms with Crippen molar-refractivity contribution >= 4 is 23.2 Å². The maximum absolute atomic E-state index is 9.08. The van der Waals surface area contributed by atoms with Crippen LogP contribution in [0.5, 0.6) is 0 Å². The van der Waals surface area contributed by atoms with Crippen molar-refractivity contribution in [2.24, 2.45) is 5.73 Å². The third-order valence-electron chi connectivity index (χ3n) is 1.83. The molecule has 68 valence electrons. The van der Waals surface area contributed by atoms with Crippen molar-refractivity contribution in [3.8, 4) is 0 Å². The van der Waals surface area contributed by atoms with E-state index in [1.165, 1.54) is 6.08 Å². The fraction of sp³-hybridized carbons (Fsp3) is 0.500. The molecule has 12 heavy (non-hydrogen) atoms. The molecule has 1 aliphatic carbocycles. The molecular weight excluding hydrogens is 197 g/mol. The van der Waals surface area contributed by atoms with E-state index in [9.17, 15) is 0 Å². The summed E-state index contributed by atoms with van der Waals surface area (Å²) in [6, 6.07) is 0. The van der Waals surface area contributed by atoms with Crippen LogP contribution in [0.2, 0.25) is 0 Å². The molecule has 0 aromatic heterocycles. The van der Waals surface area contributed by atoms with Crippen LogP contribution in [-0.4, -0.2) is 21.9 Å². The summed E-state index contributed by atoms with van der Waals surface area (Å²) in [5, 5.41) is 8.68. The third-order valence-corrected chi connectivity index (χ3v) is 3.01. The summed E-state index contributed by atoms with van der Waals surface area (Å²) in [6.45, 7) is 0.478. The van der Waals surface area contributed by atoms with Crippen LogP contribution < -0.4 is 5.73 Å². The topological polar surface area (TPSA) is 46.2 Å². The molecule has 0 saturated carbocycles. The van der Waals surface area contributed by atoms with Crippen LogP contribution in [-0.2, 0) is 0 Å². The Balaban J connectivity index is 2.76. The van der Waals surface area contributed by atoms with Gasteiger partial charge in [0.25, 0.3) is 0 Å². The van der Waals surface area contributed by atoms with Crippen molar-refractivity contribution in [1.29, 1.82) is 0 Å². The minimum absolute atomic E-state index is 0.156. The van der Waals surface area contributed by atoms with Crippen LogP contribution in [0.4, 0.5) is 0 Å². The van der Waals surface area contributed by atoms with Gasteiger partial charge in [0.1, 0.15) is 5.76 Å². The molecule has 0 fully saturated rings. The van der Waals surface area contributed by atoms with E-state index in [0.29, 0.717) is 13.0 Å². The van der Waals surface area contributed by atoms with E-state index in [0.717, 1.165) is 0 Å². The van der Waals surface area contributed by atoms with E-state index < -0.39 is 10.3 Å². The second kappa shape index (κ2) is 3.69. The summed E-state index contributed by atoms with van der Waals surface area (Å²) in [7, 11) is 0. The summed E-state index contributed by atoms with van der Waals surface area (Å²) < 4.78 is 0. The van der Waals surface area contributed by atoms with Crippen LogP contribution in [0.25, 0.3) is 0 Å². The van der Waals surface area contributed by atoms with Crippen molar-refractivity contribution in [2.75, 3.05) is 6.54 Å². The second-order valence-corrected chi connectivity index (χ2v) is 3.97. The van der Waals surface area contributed by atoms with E-state index in [1.807, 2.05) is 0 Å². The normalized spacial score (nSPS) is 34.9. The average Bonchev–Trinajstić information content (AvgIpc) is 1.99. The second-order valence-electron chi connectivity index (χ2n) is 2.79. The van der Waals surface area contributed by atoms with Crippen LogP contribution >= 0.6 is 23.2 Å². The van der Waals surface area contributed by atoms with Gasteiger partial charge in [0, 0.05) is 0 Å². The molecule has 0 aromatic carbocycles. The Labute approximate surface area is 81.6 Å². The Morgan fingerprint density at radius 1 is 1.67 bits per heavy atom. The molecule has 1 aliphatic rings. The first-order valence-electron chi connectivity index (χ1n) is 3.71. The highest BCUT2D eigenvalue weighted by Gasteiger charge is 2.33. The van der Waals surface area contributed by atoms with Crippen LogP contribution in [0.3, 0.4) is 0 Å². The number of hydrogen-bond acceptors (Lipinski definition) is 2. The molecule has 0 spiro atoms. The largest absolute Gasteiger partial charge is 0.508 e. The summed E-state index contributed by atoms with van der Waals surface area (Å²) in [5.41, 5.74) is 5.38. The van der Waals surface area contributed by atoms with Gasteiger partial charge in [-0.25, -0.2) is 0 Å². The number of allylic oxidation sites excluding steroid dienone is 3. The molecule has 0 aliphatic heterocycles. The Morgan fingerprint density at radius 2 is 2.33 bits per heavy atom. The number of nitrogens with two attached hydrogens (primary N) is 1. The Bertz CT molecular complexity index is 227. The number of hydrogen-bond donors (Lipinski definition) is 2. The lowest BCUT2D eigenvalue weighted by Gasteiger charge is -2.28. The van der Waals surface area contributed by atoms with Crippen molar-refractivity contribution < 1.29 is 5.11 Å². The van der Waals surface area contributed by atoms with Gasteiger partial charge in [0.15, 0.2) is 0 Å². The third kappa shape index (κ3) is 1.94. The highest BCUT2D eigenvalue weighted by atomic mass is 35.5. The zero-order valence-electron chi connectivity index (χ0n) is 6.50. The van der Waals surface area contributed by atoms with E-state index in [4.69, 9.17) is 34.0 Å². The van der Waals surface area contributed by atoms with Crippen molar-refractivity contribution in [3.05, 3.63) is 24.0 Å². The maximum Gasteiger partial charge on any atom is 0.112 e.